The van der Waals surface area contributed by atoms with E-state index in [2.05, 4.69) is 0 Å². The predicted octanol–water partition coefficient (Wildman–Crippen LogP) is 4.38. The number of aromatic hydroxyl groups is 1. The van der Waals surface area contributed by atoms with E-state index in [9.17, 15) is 14.7 Å². The Labute approximate surface area is 209 Å². The van der Waals surface area contributed by atoms with Gasteiger partial charge in [0, 0.05) is 31.7 Å². The van der Waals surface area contributed by atoms with E-state index in [0.717, 1.165) is 11.1 Å². The van der Waals surface area contributed by atoms with Crippen molar-refractivity contribution in [2.75, 3.05) is 26.2 Å². The van der Waals surface area contributed by atoms with E-state index >= 15 is 0 Å². The van der Waals surface area contributed by atoms with Crippen LogP contribution in [-0.2, 0) is 32.2 Å². The molecule has 0 aliphatic heterocycles. The third-order valence-corrected chi connectivity index (χ3v) is 4.91. The number of phenolic OH excluding ortho intramolecular Hbond substituents is 1. The van der Waals surface area contributed by atoms with Crippen LogP contribution in [0.15, 0.2) is 54.6 Å². The summed E-state index contributed by atoms with van der Waals surface area (Å²) in [7, 11) is 0. The molecule has 2 rings (SSSR count). The van der Waals surface area contributed by atoms with Gasteiger partial charge in [-0.15, -0.1) is 0 Å². The molecule has 1 N–H and O–H groups in total. The highest BCUT2D eigenvalue weighted by molar-refractivity contribution is 5.72. The highest BCUT2D eigenvalue weighted by Gasteiger charge is 2.23. The Bertz CT molecular complexity index is 948. The van der Waals surface area contributed by atoms with E-state index in [-0.39, 0.29) is 30.8 Å². The molecule has 0 aliphatic rings. The van der Waals surface area contributed by atoms with Gasteiger partial charge in [0.15, 0.2) is 0 Å². The molecule has 0 spiro atoms. The van der Waals surface area contributed by atoms with E-state index in [1.165, 1.54) is 0 Å². The normalized spacial score (nSPS) is 12.1. The van der Waals surface area contributed by atoms with Gasteiger partial charge in [-0.05, 0) is 53.2 Å². The van der Waals surface area contributed by atoms with Gasteiger partial charge in [0.1, 0.15) is 17.0 Å². The van der Waals surface area contributed by atoms with Gasteiger partial charge in [0.25, 0.3) is 0 Å². The first-order valence-electron chi connectivity index (χ1n) is 12.0. The number of carbonyl (C=O) groups excluding carboxylic acids is 2. The van der Waals surface area contributed by atoms with Crippen molar-refractivity contribution in [3.8, 4) is 5.75 Å². The second kappa shape index (κ2) is 12.7. The van der Waals surface area contributed by atoms with Crippen molar-refractivity contribution in [2.24, 2.45) is 0 Å². The number of rotatable bonds is 11. The molecule has 192 valence electrons. The predicted molar refractivity (Wildman–Crippen MR) is 137 cm³/mol. The average molecular weight is 485 g/mol. The lowest BCUT2D eigenvalue weighted by atomic mass is 10.1. The lowest BCUT2D eigenvalue weighted by Crippen LogP contribution is -2.41. The molecule has 2 aromatic rings. The van der Waals surface area contributed by atoms with Gasteiger partial charge in [-0.3, -0.25) is 19.4 Å². The Morgan fingerprint density at radius 3 is 1.66 bits per heavy atom. The molecule has 0 amide bonds. The third-order valence-electron chi connectivity index (χ3n) is 4.91. The maximum absolute atomic E-state index is 12.6. The van der Waals surface area contributed by atoms with Gasteiger partial charge in [-0.1, -0.05) is 48.5 Å². The molecule has 7 heteroatoms. The zero-order chi connectivity index (χ0) is 26.1. The molecule has 2 aromatic carbocycles. The summed E-state index contributed by atoms with van der Waals surface area (Å²) >= 11 is 0. The van der Waals surface area contributed by atoms with Crippen molar-refractivity contribution in [3.63, 3.8) is 0 Å². The standard InChI is InChI=1S/C28H40N2O5/c1-27(2,3)34-25(32)20-29(18-22-12-8-7-9-13-22)16-17-30(21-26(33)35-28(4,5)6)19-23-14-10-11-15-24(23)31/h7-15,31H,16-21H2,1-6H3. The molecule has 0 saturated heterocycles. The van der Waals surface area contributed by atoms with Crippen LogP contribution in [0, 0.1) is 0 Å². The van der Waals surface area contributed by atoms with Crippen LogP contribution in [0.5, 0.6) is 5.75 Å². The Balaban J connectivity index is 2.15. The summed E-state index contributed by atoms with van der Waals surface area (Å²) in [6, 6.07) is 17.0. The zero-order valence-electron chi connectivity index (χ0n) is 21.9. The van der Waals surface area contributed by atoms with Crippen molar-refractivity contribution in [3.05, 3.63) is 65.7 Å². The maximum Gasteiger partial charge on any atom is 0.320 e. The molecule has 0 heterocycles. The largest absolute Gasteiger partial charge is 0.508 e. The fourth-order valence-electron chi connectivity index (χ4n) is 3.55. The number of nitrogens with zero attached hydrogens (tertiary/aromatic N) is 2. The number of esters is 2. The smallest absolute Gasteiger partial charge is 0.320 e. The molecule has 7 nitrogen and oxygen atoms in total. The number of phenols is 1. The number of para-hydroxylation sites is 1. The summed E-state index contributed by atoms with van der Waals surface area (Å²) in [6.07, 6.45) is 0. The quantitative estimate of drug-likeness (QED) is 0.474. The van der Waals surface area contributed by atoms with Gasteiger partial charge in [-0.25, -0.2) is 0 Å². The summed E-state index contributed by atoms with van der Waals surface area (Å²) in [5, 5.41) is 10.3. The van der Waals surface area contributed by atoms with E-state index in [1.807, 2.05) is 93.8 Å². The average Bonchev–Trinajstić information content (AvgIpc) is 2.71. The molecular formula is C28H40N2O5. The summed E-state index contributed by atoms with van der Waals surface area (Å²) in [5.41, 5.74) is 0.643. The fraction of sp³-hybridized carbons (Fsp3) is 0.500. The first kappa shape index (κ1) is 28.3. The van der Waals surface area contributed by atoms with E-state index in [0.29, 0.717) is 26.2 Å². The van der Waals surface area contributed by atoms with Gasteiger partial charge in [0.05, 0.1) is 13.1 Å². The highest BCUT2D eigenvalue weighted by Crippen LogP contribution is 2.18. The van der Waals surface area contributed by atoms with Crippen LogP contribution in [0.4, 0.5) is 0 Å². The second-order valence-corrected chi connectivity index (χ2v) is 10.7. The number of hydrogen-bond donors (Lipinski definition) is 1. The number of benzene rings is 2. The fourth-order valence-corrected chi connectivity index (χ4v) is 3.55. The minimum Gasteiger partial charge on any atom is -0.508 e. The highest BCUT2D eigenvalue weighted by atomic mass is 16.6. The van der Waals surface area contributed by atoms with Crippen molar-refractivity contribution < 1.29 is 24.2 Å². The topological polar surface area (TPSA) is 79.3 Å². The molecule has 0 radical (unpaired) electrons. The molecule has 35 heavy (non-hydrogen) atoms. The molecular weight excluding hydrogens is 444 g/mol. The van der Waals surface area contributed by atoms with Crippen LogP contribution in [0.25, 0.3) is 0 Å². The molecule has 0 aliphatic carbocycles. The Hall–Kier alpha value is -2.90. The van der Waals surface area contributed by atoms with Crippen molar-refractivity contribution in [1.82, 2.24) is 9.80 Å². The Morgan fingerprint density at radius 1 is 0.714 bits per heavy atom. The van der Waals surface area contributed by atoms with E-state index < -0.39 is 11.2 Å². The van der Waals surface area contributed by atoms with Gasteiger partial charge >= 0.3 is 11.9 Å². The third kappa shape index (κ3) is 11.9. The van der Waals surface area contributed by atoms with Crippen LogP contribution >= 0.6 is 0 Å². The Kier molecular flexibility index (Phi) is 10.3. The van der Waals surface area contributed by atoms with Crippen molar-refractivity contribution >= 4 is 11.9 Å². The van der Waals surface area contributed by atoms with E-state index in [4.69, 9.17) is 9.47 Å². The maximum atomic E-state index is 12.6. The summed E-state index contributed by atoms with van der Waals surface area (Å²) < 4.78 is 11.1. The number of carbonyl (C=O) groups is 2. The molecule has 0 atom stereocenters. The molecule has 0 unspecified atom stereocenters. The molecule has 0 saturated carbocycles. The summed E-state index contributed by atoms with van der Waals surface area (Å²) in [4.78, 5) is 29.1. The minimum absolute atomic E-state index is 0.0667. The van der Waals surface area contributed by atoms with Crippen LogP contribution in [0.1, 0.15) is 52.7 Å². The monoisotopic (exact) mass is 484 g/mol. The minimum atomic E-state index is -0.590. The van der Waals surface area contributed by atoms with Gasteiger partial charge in [-0.2, -0.15) is 0 Å². The lowest BCUT2D eigenvalue weighted by Gasteiger charge is -2.29. The summed E-state index contributed by atoms with van der Waals surface area (Å²) in [5.74, 6) is -0.459. The second-order valence-electron chi connectivity index (χ2n) is 10.7. The first-order chi connectivity index (χ1) is 16.3. The van der Waals surface area contributed by atoms with Gasteiger partial charge < -0.3 is 14.6 Å². The lowest BCUT2D eigenvalue weighted by molar-refractivity contribution is -0.158. The van der Waals surface area contributed by atoms with Crippen molar-refractivity contribution in [1.29, 1.82) is 0 Å². The van der Waals surface area contributed by atoms with Gasteiger partial charge in [0.2, 0.25) is 0 Å². The first-order valence-corrected chi connectivity index (χ1v) is 12.0. The van der Waals surface area contributed by atoms with E-state index in [1.54, 1.807) is 12.1 Å². The van der Waals surface area contributed by atoms with Crippen LogP contribution < -0.4 is 0 Å². The molecule has 0 aromatic heterocycles. The number of hydrogen-bond acceptors (Lipinski definition) is 7. The van der Waals surface area contributed by atoms with Crippen LogP contribution in [0.2, 0.25) is 0 Å². The van der Waals surface area contributed by atoms with Crippen LogP contribution in [-0.4, -0.2) is 64.2 Å². The SMILES string of the molecule is CC(C)(C)OC(=O)CN(CCN(CC(=O)OC(C)(C)C)Cc1ccccc1O)Cc1ccccc1. The Morgan fingerprint density at radius 2 is 1.17 bits per heavy atom. The summed E-state index contributed by atoms with van der Waals surface area (Å²) in [6.45, 7) is 13.2. The molecule has 0 fully saturated rings. The molecule has 0 bridgehead atoms. The zero-order valence-corrected chi connectivity index (χ0v) is 21.9. The van der Waals surface area contributed by atoms with Crippen molar-refractivity contribution in [2.45, 2.75) is 65.8 Å². The number of ether oxygens (including phenoxy) is 2. The van der Waals surface area contributed by atoms with Crippen LogP contribution in [0.3, 0.4) is 0 Å².